The summed E-state index contributed by atoms with van der Waals surface area (Å²) < 4.78 is 5.00. The van der Waals surface area contributed by atoms with Crippen LogP contribution in [-0.4, -0.2) is 18.0 Å². The maximum absolute atomic E-state index is 11.9. The van der Waals surface area contributed by atoms with Gasteiger partial charge in [0.2, 0.25) is 0 Å². The first-order valence-electron chi connectivity index (χ1n) is 6.67. The lowest BCUT2D eigenvalue weighted by Gasteiger charge is -2.12. The summed E-state index contributed by atoms with van der Waals surface area (Å²) in [6.45, 7) is 3.72. The van der Waals surface area contributed by atoms with E-state index < -0.39 is 5.91 Å². The lowest BCUT2D eigenvalue weighted by Crippen LogP contribution is -2.34. The molecule has 1 aromatic heterocycles. The molecule has 0 aliphatic carbocycles. The number of halogens is 1. The first-order chi connectivity index (χ1) is 10.5. The van der Waals surface area contributed by atoms with Gasteiger partial charge in [0, 0.05) is 11.7 Å². The van der Waals surface area contributed by atoms with E-state index in [-0.39, 0.29) is 17.8 Å². The number of carbonyl (C=O) groups is 2. The van der Waals surface area contributed by atoms with Crippen LogP contribution in [0.3, 0.4) is 0 Å². The normalized spacial score (nSPS) is 10.4. The molecule has 2 aromatic rings. The molecule has 0 saturated carbocycles. The number of urea groups is 1. The first-order valence-corrected chi connectivity index (χ1v) is 7.05. The van der Waals surface area contributed by atoms with Crippen LogP contribution in [0.1, 0.15) is 24.4 Å². The van der Waals surface area contributed by atoms with E-state index in [0.29, 0.717) is 16.4 Å². The maximum Gasteiger partial charge on any atom is 0.319 e. The van der Waals surface area contributed by atoms with Gasteiger partial charge in [-0.3, -0.25) is 4.79 Å². The van der Waals surface area contributed by atoms with Crippen molar-refractivity contribution in [1.82, 2.24) is 5.32 Å². The van der Waals surface area contributed by atoms with E-state index in [1.807, 2.05) is 13.8 Å². The highest BCUT2D eigenvalue weighted by Gasteiger charge is 2.12. The number of nitrogens with one attached hydrogen (secondary N) is 3. The summed E-state index contributed by atoms with van der Waals surface area (Å²) in [7, 11) is 0. The average molecular weight is 322 g/mol. The largest absolute Gasteiger partial charge is 0.459 e. The minimum absolute atomic E-state index is 0.0299. The smallest absolute Gasteiger partial charge is 0.319 e. The van der Waals surface area contributed by atoms with Crippen LogP contribution in [0.4, 0.5) is 16.2 Å². The Morgan fingerprint density at radius 2 is 1.95 bits per heavy atom. The fraction of sp³-hybridized carbons (Fsp3) is 0.200. The van der Waals surface area contributed by atoms with Gasteiger partial charge in [-0.25, -0.2) is 4.79 Å². The van der Waals surface area contributed by atoms with Crippen molar-refractivity contribution < 1.29 is 14.0 Å². The Hall–Kier alpha value is -2.47. The molecule has 0 unspecified atom stereocenters. The Morgan fingerprint density at radius 3 is 2.55 bits per heavy atom. The summed E-state index contributed by atoms with van der Waals surface area (Å²) in [5.41, 5.74) is 0.956. The Kier molecular flexibility index (Phi) is 5.06. The average Bonchev–Trinajstić information content (AvgIpc) is 2.94. The molecule has 0 saturated heterocycles. The SMILES string of the molecule is CC(C)NC(=O)Nc1ccc(NC(=O)c2ccco2)c(Cl)c1. The number of hydrogen-bond acceptors (Lipinski definition) is 3. The van der Waals surface area contributed by atoms with Gasteiger partial charge in [0.15, 0.2) is 5.76 Å². The first kappa shape index (κ1) is 15.9. The molecule has 3 amide bonds. The van der Waals surface area contributed by atoms with Crippen LogP contribution in [-0.2, 0) is 0 Å². The minimum Gasteiger partial charge on any atom is -0.459 e. The summed E-state index contributed by atoms with van der Waals surface area (Å²) >= 11 is 6.11. The molecule has 0 aliphatic heterocycles. The van der Waals surface area contributed by atoms with Gasteiger partial charge >= 0.3 is 6.03 Å². The fourth-order valence-electron chi connectivity index (χ4n) is 1.72. The standard InChI is InChI=1S/C15H16ClN3O3/c1-9(2)17-15(21)18-10-5-6-12(11(16)8-10)19-14(20)13-4-3-7-22-13/h3-9H,1-2H3,(H,19,20)(H2,17,18,21). The Balaban J connectivity index is 2.03. The Labute approximate surface area is 132 Å². The van der Waals surface area contributed by atoms with Crippen LogP contribution in [0, 0.1) is 0 Å². The molecule has 22 heavy (non-hydrogen) atoms. The van der Waals surface area contributed by atoms with E-state index >= 15 is 0 Å². The third-order valence-electron chi connectivity index (χ3n) is 2.64. The van der Waals surface area contributed by atoms with Crippen LogP contribution >= 0.6 is 11.6 Å². The molecule has 0 radical (unpaired) electrons. The van der Waals surface area contributed by atoms with E-state index in [4.69, 9.17) is 16.0 Å². The second-order valence-electron chi connectivity index (χ2n) is 4.88. The third-order valence-corrected chi connectivity index (χ3v) is 2.95. The molecule has 0 fully saturated rings. The highest BCUT2D eigenvalue weighted by Crippen LogP contribution is 2.26. The molecule has 0 atom stereocenters. The van der Waals surface area contributed by atoms with Gasteiger partial charge in [-0.2, -0.15) is 0 Å². The van der Waals surface area contributed by atoms with E-state index in [2.05, 4.69) is 16.0 Å². The quantitative estimate of drug-likeness (QED) is 0.802. The van der Waals surface area contributed by atoms with Crippen LogP contribution in [0.2, 0.25) is 5.02 Å². The van der Waals surface area contributed by atoms with Gasteiger partial charge in [-0.05, 0) is 44.2 Å². The molecule has 0 bridgehead atoms. The number of anilines is 2. The van der Waals surface area contributed by atoms with Gasteiger partial charge in [0.25, 0.3) is 5.91 Å². The predicted octanol–water partition coefficient (Wildman–Crippen LogP) is 3.72. The van der Waals surface area contributed by atoms with Gasteiger partial charge in [0.05, 0.1) is 17.0 Å². The molecule has 6 nitrogen and oxygen atoms in total. The maximum atomic E-state index is 11.9. The second kappa shape index (κ2) is 7.00. The molecule has 2 rings (SSSR count). The lowest BCUT2D eigenvalue weighted by atomic mass is 10.2. The number of rotatable bonds is 4. The number of amides is 3. The van der Waals surface area contributed by atoms with E-state index in [1.165, 1.54) is 6.26 Å². The van der Waals surface area contributed by atoms with Crippen molar-refractivity contribution >= 4 is 34.9 Å². The van der Waals surface area contributed by atoms with Crippen LogP contribution in [0.5, 0.6) is 0 Å². The molecular weight excluding hydrogens is 306 g/mol. The number of benzene rings is 1. The van der Waals surface area contributed by atoms with Gasteiger partial charge in [-0.15, -0.1) is 0 Å². The molecule has 7 heteroatoms. The van der Waals surface area contributed by atoms with E-state index in [1.54, 1.807) is 30.3 Å². The Bertz CT molecular complexity index is 669. The predicted molar refractivity (Wildman–Crippen MR) is 85.4 cm³/mol. The summed E-state index contributed by atoms with van der Waals surface area (Å²) in [5, 5.41) is 8.30. The zero-order valence-electron chi connectivity index (χ0n) is 12.1. The van der Waals surface area contributed by atoms with Crippen LogP contribution in [0.15, 0.2) is 41.0 Å². The van der Waals surface area contributed by atoms with Crippen LogP contribution < -0.4 is 16.0 Å². The summed E-state index contributed by atoms with van der Waals surface area (Å²) in [6.07, 6.45) is 1.41. The van der Waals surface area contributed by atoms with Gasteiger partial charge in [0.1, 0.15) is 0 Å². The molecule has 0 aliphatic rings. The highest BCUT2D eigenvalue weighted by molar-refractivity contribution is 6.34. The van der Waals surface area contributed by atoms with Crippen LogP contribution in [0.25, 0.3) is 0 Å². The summed E-state index contributed by atoms with van der Waals surface area (Å²) in [5.74, 6) is -0.209. The topological polar surface area (TPSA) is 83.4 Å². The summed E-state index contributed by atoms with van der Waals surface area (Å²) in [6, 6.07) is 7.68. The second-order valence-corrected chi connectivity index (χ2v) is 5.29. The summed E-state index contributed by atoms with van der Waals surface area (Å²) in [4.78, 5) is 23.5. The number of hydrogen-bond donors (Lipinski definition) is 3. The van der Waals surface area contributed by atoms with Crippen molar-refractivity contribution in [2.75, 3.05) is 10.6 Å². The molecular formula is C15H16ClN3O3. The molecule has 3 N–H and O–H groups in total. The number of furan rings is 1. The zero-order chi connectivity index (χ0) is 16.1. The lowest BCUT2D eigenvalue weighted by molar-refractivity contribution is 0.0996. The monoisotopic (exact) mass is 321 g/mol. The van der Waals surface area contributed by atoms with Crippen molar-refractivity contribution in [3.63, 3.8) is 0 Å². The number of carbonyl (C=O) groups excluding carboxylic acids is 2. The highest BCUT2D eigenvalue weighted by atomic mass is 35.5. The van der Waals surface area contributed by atoms with Gasteiger partial charge in [-0.1, -0.05) is 11.6 Å². The molecule has 116 valence electrons. The van der Waals surface area contributed by atoms with Crippen molar-refractivity contribution in [1.29, 1.82) is 0 Å². The molecule has 0 spiro atoms. The van der Waals surface area contributed by atoms with Crippen molar-refractivity contribution in [3.8, 4) is 0 Å². The van der Waals surface area contributed by atoms with Gasteiger partial charge < -0.3 is 20.4 Å². The fourth-order valence-corrected chi connectivity index (χ4v) is 1.94. The van der Waals surface area contributed by atoms with Crippen molar-refractivity contribution in [2.45, 2.75) is 19.9 Å². The van der Waals surface area contributed by atoms with Crippen molar-refractivity contribution in [2.24, 2.45) is 0 Å². The zero-order valence-corrected chi connectivity index (χ0v) is 12.9. The van der Waals surface area contributed by atoms with E-state index in [0.717, 1.165) is 0 Å². The molecule has 1 aromatic carbocycles. The minimum atomic E-state index is -0.398. The molecule has 1 heterocycles. The Morgan fingerprint density at radius 1 is 1.18 bits per heavy atom. The third kappa shape index (κ3) is 4.26. The van der Waals surface area contributed by atoms with Crippen molar-refractivity contribution in [3.05, 3.63) is 47.4 Å². The van der Waals surface area contributed by atoms with E-state index in [9.17, 15) is 9.59 Å².